The predicted molar refractivity (Wildman–Crippen MR) is 193 cm³/mol. The van der Waals surface area contributed by atoms with E-state index < -0.39 is 72.9 Å². The third-order valence-electron chi connectivity index (χ3n) is 9.58. The molecule has 14 heteroatoms. The number of aliphatic hydroxyl groups excluding tert-OH is 3. The van der Waals surface area contributed by atoms with Gasteiger partial charge in [-0.25, -0.2) is 0 Å². The lowest BCUT2D eigenvalue weighted by atomic mass is 9.82. The Kier molecular flexibility index (Phi) is 15.8. The zero-order chi connectivity index (χ0) is 37.1. The van der Waals surface area contributed by atoms with Crippen molar-refractivity contribution in [3.63, 3.8) is 0 Å². The molecule has 0 spiro atoms. The van der Waals surface area contributed by atoms with Gasteiger partial charge in [-0.2, -0.15) is 0 Å². The van der Waals surface area contributed by atoms with Crippen molar-refractivity contribution in [2.24, 2.45) is 11.8 Å². The molecule has 2 aliphatic rings. The van der Waals surface area contributed by atoms with Crippen LogP contribution in [0.2, 0.25) is 0 Å². The van der Waals surface area contributed by atoms with Crippen LogP contribution in [0.1, 0.15) is 52.0 Å². The number of allylic oxidation sites excluding steroid dienone is 3. The normalized spacial score (nSPS) is 33.0. The van der Waals surface area contributed by atoms with Gasteiger partial charge in [0, 0.05) is 26.0 Å². The first-order valence-electron chi connectivity index (χ1n) is 17.6. The summed E-state index contributed by atoms with van der Waals surface area (Å²) in [7, 11) is 4.93. The summed E-state index contributed by atoms with van der Waals surface area (Å²) in [5.74, 6) is -1.52. The first-order chi connectivity index (χ1) is 24.4. The van der Waals surface area contributed by atoms with E-state index in [9.17, 15) is 24.9 Å². The second kappa shape index (κ2) is 19.8. The van der Waals surface area contributed by atoms with Crippen molar-refractivity contribution in [2.45, 2.75) is 108 Å². The number of carbonyl (C=O) groups is 2. The molecule has 4 rings (SSSR count). The number of esters is 1. The van der Waals surface area contributed by atoms with Gasteiger partial charge in [0.25, 0.3) is 0 Å². The highest BCUT2D eigenvalue weighted by molar-refractivity contribution is 7.09. The summed E-state index contributed by atoms with van der Waals surface area (Å²) in [6.45, 7) is 6.39. The molecule has 0 saturated carbocycles. The van der Waals surface area contributed by atoms with Gasteiger partial charge in [-0.3, -0.25) is 9.59 Å². The van der Waals surface area contributed by atoms with Crippen molar-refractivity contribution in [3.8, 4) is 10.4 Å². The molecule has 0 unspecified atom stereocenters. The number of ether oxygens (including phenoxy) is 4. The quantitative estimate of drug-likeness (QED) is 0.208. The van der Waals surface area contributed by atoms with E-state index in [-0.39, 0.29) is 12.2 Å². The second-order valence-electron chi connectivity index (χ2n) is 13.8. The number of rotatable bonds is 10. The highest BCUT2D eigenvalue weighted by Crippen LogP contribution is 2.33. The fraction of sp³-hybridized carbons (Fsp3) is 0.622. The summed E-state index contributed by atoms with van der Waals surface area (Å²) < 4.78 is 28.0. The largest absolute Gasteiger partial charge is 0.462 e. The van der Waals surface area contributed by atoms with E-state index in [4.69, 9.17) is 18.9 Å². The van der Waals surface area contributed by atoms with Crippen LogP contribution in [0.4, 0.5) is 0 Å². The zero-order valence-corrected chi connectivity index (χ0v) is 31.1. The van der Waals surface area contributed by atoms with Gasteiger partial charge < -0.3 is 44.5 Å². The van der Waals surface area contributed by atoms with Crippen LogP contribution in [0.25, 0.3) is 10.4 Å². The van der Waals surface area contributed by atoms with Crippen LogP contribution in [0, 0.1) is 11.8 Å². The molecule has 1 saturated heterocycles. The highest BCUT2D eigenvalue weighted by Gasteiger charge is 2.48. The molecular weight excluding hydrogens is 676 g/mol. The number of methoxy groups -OCH3 is 1. The molecule has 4 N–H and O–H groups in total. The topological polar surface area (TPSA) is 173 Å². The summed E-state index contributed by atoms with van der Waals surface area (Å²) in [6.07, 6.45) is 1.50. The van der Waals surface area contributed by atoms with E-state index in [1.807, 2.05) is 37.3 Å². The summed E-state index contributed by atoms with van der Waals surface area (Å²) in [5.41, 5.74) is 2.11. The Morgan fingerprint density at radius 1 is 1.04 bits per heavy atom. The number of aliphatic hydroxyl groups is 3. The first kappa shape index (κ1) is 40.8. The standard InChI is InChI=1S/C37H54N4O9S/c1-22-18-27(16-17-38-20-25-12-14-26(15-13-25)30-21-39-40-51-30)35(50-37-34(46)32(41(4)5)33(45)24(3)49-37)36(47-6)29(43)19-31(44)48-23(2)10-8-7-9-11-28(22)42/h7-9,11-15,21-24,27,29,32-38,43,45-46H,10,16-20H2,1-6H3/t22-,23-,24-,27+,29-,32+,33-,34-,35+,36+,37+/m1/s1. The van der Waals surface area contributed by atoms with Gasteiger partial charge >= 0.3 is 5.97 Å². The minimum absolute atomic E-state index is 0.0768. The molecule has 1 fully saturated rings. The van der Waals surface area contributed by atoms with Crippen LogP contribution >= 0.6 is 11.5 Å². The van der Waals surface area contributed by atoms with Crippen molar-refractivity contribution in [1.29, 1.82) is 0 Å². The van der Waals surface area contributed by atoms with Crippen molar-refractivity contribution >= 4 is 23.3 Å². The Balaban J connectivity index is 1.62. The van der Waals surface area contributed by atoms with Gasteiger partial charge in [0.1, 0.15) is 18.3 Å². The molecule has 282 valence electrons. The van der Waals surface area contributed by atoms with E-state index in [2.05, 4.69) is 14.9 Å². The molecule has 11 atom stereocenters. The van der Waals surface area contributed by atoms with Gasteiger partial charge in [0.05, 0.1) is 48.0 Å². The van der Waals surface area contributed by atoms with Crippen LogP contribution in [0.15, 0.2) is 54.8 Å². The summed E-state index contributed by atoms with van der Waals surface area (Å²) in [4.78, 5) is 29.0. The van der Waals surface area contributed by atoms with Gasteiger partial charge in [0.2, 0.25) is 0 Å². The van der Waals surface area contributed by atoms with E-state index >= 15 is 0 Å². The number of aromatic nitrogens is 2. The van der Waals surface area contributed by atoms with Crippen molar-refractivity contribution in [2.75, 3.05) is 27.7 Å². The number of hydrogen-bond donors (Lipinski definition) is 4. The average molecular weight is 731 g/mol. The lowest BCUT2D eigenvalue weighted by Crippen LogP contribution is -2.63. The minimum Gasteiger partial charge on any atom is -0.462 e. The number of likely N-dealkylation sites (N-methyl/N-ethyl adjacent to an activating group) is 1. The summed E-state index contributed by atoms with van der Waals surface area (Å²) in [5, 5.41) is 41.2. The van der Waals surface area contributed by atoms with Crippen molar-refractivity contribution in [3.05, 3.63) is 60.3 Å². The number of benzene rings is 1. The maximum Gasteiger partial charge on any atom is 0.308 e. The molecular formula is C37H54N4O9S. The van der Waals surface area contributed by atoms with Gasteiger partial charge in [-0.1, -0.05) is 53.9 Å². The molecule has 0 aliphatic carbocycles. The van der Waals surface area contributed by atoms with Gasteiger partial charge in [-0.05, 0) is 82.0 Å². The maximum atomic E-state index is 13.3. The first-order valence-corrected chi connectivity index (χ1v) is 18.3. The summed E-state index contributed by atoms with van der Waals surface area (Å²) in [6, 6.07) is 7.43. The SMILES string of the molecule is CO[C@@H]1[C@@H](O[C@@H]2O[C@H](C)[C@@H](O)[C@H](N(C)C)[C@H]2O)[C@@H](CCNCc2ccc(-c3cnns3)cc2)C[C@@H](C)C(=O)C=CC=CC[C@@H](C)OC(=O)C[C@H]1O. The number of cyclic esters (lactones) is 1. The number of nitrogens with one attached hydrogen (secondary N) is 1. The number of ketones is 1. The number of carbonyl (C=O) groups excluding carboxylic acids is 2. The summed E-state index contributed by atoms with van der Waals surface area (Å²) >= 11 is 1.34. The number of hydrogen-bond acceptors (Lipinski definition) is 14. The third kappa shape index (κ3) is 11.5. The molecule has 51 heavy (non-hydrogen) atoms. The van der Waals surface area contributed by atoms with Crippen LogP contribution < -0.4 is 5.32 Å². The molecule has 1 aromatic heterocycles. The lowest BCUT2D eigenvalue weighted by molar-refractivity contribution is -0.309. The smallest absolute Gasteiger partial charge is 0.308 e. The Labute approximate surface area is 304 Å². The Hall–Kier alpha value is -2.92. The van der Waals surface area contributed by atoms with E-state index in [1.54, 1.807) is 51.2 Å². The van der Waals surface area contributed by atoms with Gasteiger partial charge in [-0.15, -0.1) is 5.10 Å². The molecule has 1 aromatic carbocycles. The van der Waals surface area contributed by atoms with E-state index in [0.29, 0.717) is 32.4 Å². The fourth-order valence-corrected chi connectivity index (χ4v) is 7.24. The van der Waals surface area contributed by atoms with Crippen LogP contribution in [0.5, 0.6) is 0 Å². The second-order valence-corrected chi connectivity index (χ2v) is 14.6. The average Bonchev–Trinajstić information content (AvgIpc) is 3.63. The molecule has 2 aliphatic heterocycles. The van der Waals surface area contributed by atoms with Crippen molar-refractivity contribution < 1.29 is 43.9 Å². The fourth-order valence-electron chi connectivity index (χ4n) is 6.72. The van der Waals surface area contributed by atoms with Gasteiger partial charge in [0.15, 0.2) is 12.1 Å². The zero-order valence-electron chi connectivity index (χ0n) is 30.3. The minimum atomic E-state index is -1.34. The lowest BCUT2D eigenvalue weighted by Gasteiger charge is -2.46. The molecule has 0 radical (unpaired) electrons. The molecule has 2 aromatic rings. The van der Waals surface area contributed by atoms with E-state index in [1.165, 1.54) is 24.7 Å². The Bertz CT molecular complexity index is 1420. The molecule has 3 heterocycles. The molecule has 0 bridgehead atoms. The molecule has 13 nitrogen and oxygen atoms in total. The predicted octanol–water partition coefficient (Wildman–Crippen LogP) is 2.89. The van der Waals surface area contributed by atoms with Crippen LogP contribution in [0.3, 0.4) is 0 Å². The number of nitrogens with zero attached hydrogens (tertiary/aromatic N) is 3. The molecule has 0 amide bonds. The maximum absolute atomic E-state index is 13.3. The van der Waals surface area contributed by atoms with Crippen LogP contribution in [-0.4, -0.2) is 124 Å². The van der Waals surface area contributed by atoms with Crippen LogP contribution in [-0.2, 0) is 35.1 Å². The monoisotopic (exact) mass is 730 g/mol. The van der Waals surface area contributed by atoms with Crippen molar-refractivity contribution in [1.82, 2.24) is 19.8 Å². The highest BCUT2D eigenvalue weighted by atomic mass is 32.1. The Morgan fingerprint density at radius 3 is 2.45 bits per heavy atom. The Morgan fingerprint density at radius 2 is 1.78 bits per heavy atom. The third-order valence-corrected chi connectivity index (χ3v) is 10.3. The van der Waals surface area contributed by atoms with E-state index in [0.717, 1.165) is 16.0 Å².